The van der Waals surface area contributed by atoms with E-state index in [0.717, 1.165) is 5.33 Å². The van der Waals surface area contributed by atoms with Gasteiger partial charge in [0.05, 0.1) is 0 Å². The Balaban J connectivity index is 2.88. The lowest BCUT2D eigenvalue weighted by Crippen LogP contribution is -2.20. The zero-order valence-electron chi connectivity index (χ0n) is 6.07. The lowest BCUT2D eigenvalue weighted by atomic mass is 10.1. The Bertz CT molecular complexity index is 56.9. The number of unbranched alkanes of at least 4 members (excludes halogenated alkanes) is 2. The van der Waals surface area contributed by atoms with Gasteiger partial charge in [-0.2, -0.15) is 0 Å². The number of halogens is 1. The van der Waals surface area contributed by atoms with Crippen LogP contribution in [0.2, 0.25) is 0 Å². The van der Waals surface area contributed by atoms with Gasteiger partial charge in [-0.15, -0.1) is 0 Å². The zero-order valence-corrected chi connectivity index (χ0v) is 7.65. The van der Waals surface area contributed by atoms with Crippen LogP contribution in [0.4, 0.5) is 0 Å². The van der Waals surface area contributed by atoms with Crippen molar-refractivity contribution in [2.24, 2.45) is 5.73 Å². The second-order valence-electron chi connectivity index (χ2n) is 2.41. The fraction of sp³-hybridized carbons (Fsp3) is 1.00. The van der Waals surface area contributed by atoms with E-state index >= 15 is 0 Å². The Labute approximate surface area is 66.1 Å². The minimum atomic E-state index is 0.372. The molecule has 0 spiro atoms. The minimum absolute atomic E-state index is 0.372. The third kappa shape index (κ3) is 6.32. The molecule has 2 heteroatoms. The summed E-state index contributed by atoms with van der Waals surface area (Å²) in [5, 5.41) is 0.941. The van der Waals surface area contributed by atoms with Crippen molar-refractivity contribution in [2.75, 3.05) is 5.33 Å². The van der Waals surface area contributed by atoms with Crippen LogP contribution in [0.15, 0.2) is 0 Å². The molecule has 0 fully saturated rings. The Hall–Kier alpha value is 0.440. The highest BCUT2D eigenvalue weighted by molar-refractivity contribution is 9.09. The van der Waals surface area contributed by atoms with E-state index in [1.807, 2.05) is 0 Å². The van der Waals surface area contributed by atoms with Gasteiger partial charge in [0, 0.05) is 11.4 Å². The third-order valence-corrected chi connectivity index (χ3v) is 2.21. The van der Waals surface area contributed by atoms with Crippen molar-refractivity contribution in [3.63, 3.8) is 0 Å². The van der Waals surface area contributed by atoms with Gasteiger partial charge in [0.2, 0.25) is 0 Å². The molecule has 0 saturated carbocycles. The van der Waals surface area contributed by atoms with Crippen LogP contribution >= 0.6 is 15.9 Å². The largest absolute Gasteiger partial charge is 0.327 e. The van der Waals surface area contributed by atoms with Crippen LogP contribution in [0.1, 0.15) is 32.6 Å². The molecule has 0 heterocycles. The molecule has 0 aliphatic carbocycles. The molecule has 0 bridgehead atoms. The molecule has 0 aliphatic rings. The van der Waals surface area contributed by atoms with Gasteiger partial charge in [-0.25, -0.2) is 0 Å². The molecular formula is C7H16BrN. The van der Waals surface area contributed by atoms with Crippen LogP contribution in [0.3, 0.4) is 0 Å². The summed E-state index contributed by atoms with van der Waals surface area (Å²) < 4.78 is 0. The maximum absolute atomic E-state index is 5.67. The average Bonchev–Trinajstić information content (AvgIpc) is 1.89. The number of nitrogens with two attached hydrogens (primary N) is 1. The van der Waals surface area contributed by atoms with E-state index in [4.69, 9.17) is 5.73 Å². The lowest BCUT2D eigenvalue weighted by Gasteiger charge is -2.04. The molecule has 9 heavy (non-hydrogen) atoms. The molecule has 0 aromatic rings. The van der Waals surface area contributed by atoms with E-state index < -0.39 is 0 Å². The van der Waals surface area contributed by atoms with Gasteiger partial charge < -0.3 is 5.73 Å². The molecule has 0 amide bonds. The van der Waals surface area contributed by atoms with Gasteiger partial charge in [0.1, 0.15) is 0 Å². The van der Waals surface area contributed by atoms with Crippen molar-refractivity contribution in [1.82, 2.24) is 0 Å². The van der Waals surface area contributed by atoms with Crippen molar-refractivity contribution in [3.05, 3.63) is 0 Å². The number of alkyl halides is 1. The zero-order chi connectivity index (χ0) is 7.11. The summed E-state index contributed by atoms with van der Waals surface area (Å²) in [6.45, 7) is 2.21. The summed E-state index contributed by atoms with van der Waals surface area (Å²) in [7, 11) is 0. The molecule has 0 radical (unpaired) electrons. The summed E-state index contributed by atoms with van der Waals surface area (Å²) >= 11 is 3.34. The summed E-state index contributed by atoms with van der Waals surface area (Å²) in [5.74, 6) is 0. The summed E-state index contributed by atoms with van der Waals surface area (Å²) in [5.41, 5.74) is 5.67. The Morgan fingerprint density at radius 1 is 1.44 bits per heavy atom. The fourth-order valence-corrected chi connectivity index (χ4v) is 1.06. The maximum Gasteiger partial charge on any atom is 0.0183 e. The predicted octanol–water partition coefficient (Wildman–Crippen LogP) is 2.29. The molecule has 0 rings (SSSR count). The van der Waals surface area contributed by atoms with Crippen LogP contribution < -0.4 is 5.73 Å². The van der Waals surface area contributed by atoms with Gasteiger partial charge >= 0.3 is 0 Å². The van der Waals surface area contributed by atoms with E-state index in [-0.39, 0.29) is 0 Å². The third-order valence-electron chi connectivity index (χ3n) is 1.38. The Morgan fingerprint density at radius 2 is 2.11 bits per heavy atom. The highest BCUT2D eigenvalue weighted by Gasteiger charge is 1.97. The van der Waals surface area contributed by atoms with Gasteiger partial charge in [-0.05, 0) is 6.42 Å². The first-order valence-electron chi connectivity index (χ1n) is 3.62. The van der Waals surface area contributed by atoms with E-state index in [0.29, 0.717) is 6.04 Å². The monoisotopic (exact) mass is 193 g/mol. The van der Waals surface area contributed by atoms with Gasteiger partial charge in [-0.1, -0.05) is 42.1 Å². The molecule has 1 unspecified atom stereocenters. The van der Waals surface area contributed by atoms with Crippen molar-refractivity contribution >= 4 is 15.9 Å². The molecular weight excluding hydrogens is 178 g/mol. The van der Waals surface area contributed by atoms with E-state index in [9.17, 15) is 0 Å². The predicted molar refractivity (Wildman–Crippen MR) is 45.9 cm³/mol. The molecule has 2 N–H and O–H groups in total. The van der Waals surface area contributed by atoms with Crippen LogP contribution in [0, 0.1) is 0 Å². The molecule has 56 valence electrons. The van der Waals surface area contributed by atoms with Crippen LogP contribution in [-0.4, -0.2) is 11.4 Å². The van der Waals surface area contributed by atoms with Crippen molar-refractivity contribution < 1.29 is 0 Å². The summed E-state index contributed by atoms with van der Waals surface area (Å²) in [6, 6.07) is 0.372. The molecule has 1 nitrogen and oxygen atoms in total. The quantitative estimate of drug-likeness (QED) is 0.527. The fourth-order valence-electron chi connectivity index (χ4n) is 0.734. The smallest absolute Gasteiger partial charge is 0.0183 e. The minimum Gasteiger partial charge on any atom is -0.327 e. The lowest BCUT2D eigenvalue weighted by molar-refractivity contribution is 0.599. The highest BCUT2D eigenvalue weighted by Crippen LogP contribution is 2.02. The highest BCUT2D eigenvalue weighted by atomic mass is 79.9. The van der Waals surface area contributed by atoms with E-state index in [1.165, 1.54) is 25.7 Å². The first-order valence-corrected chi connectivity index (χ1v) is 4.75. The SMILES string of the molecule is CCCCCC(N)CBr. The van der Waals surface area contributed by atoms with Crippen LogP contribution in [-0.2, 0) is 0 Å². The standard InChI is InChI=1S/C7H16BrN/c1-2-3-4-5-7(9)6-8/h7H,2-6,9H2,1H3. The first-order chi connectivity index (χ1) is 4.31. The van der Waals surface area contributed by atoms with Gasteiger partial charge in [0.15, 0.2) is 0 Å². The first kappa shape index (κ1) is 9.44. The number of hydrogen-bond donors (Lipinski definition) is 1. The molecule has 0 aromatic heterocycles. The second-order valence-corrected chi connectivity index (χ2v) is 3.06. The normalized spacial score (nSPS) is 13.7. The second kappa shape index (κ2) is 6.56. The Kier molecular flexibility index (Phi) is 6.88. The van der Waals surface area contributed by atoms with Crippen molar-refractivity contribution in [1.29, 1.82) is 0 Å². The van der Waals surface area contributed by atoms with Crippen LogP contribution in [0.5, 0.6) is 0 Å². The molecule has 0 aliphatic heterocycles. The number of rotatable bonds is 5. The van der Waals surface area contributed by atoms with Crippen molar-refractivity contribution in [3.8, 4) is 0 Å². The van der Waals surface area contributed by atoms with E-state index in [2.05, 4.69) is 22.9 Å². The van der Waals surface area contributed by atoms with Crippen LogP contribution in [0.25, 0.3) is 0 Å². The number of hydrogen-bond acceptors (Lipinski definition) is 1. The molecule has 0 saturated heterocycles. The van der Waals surface area contributed by atoms with E-state index in [1.54, 1.807) is 0 Å². The topological polar surface area (TPSA) is 26.0 Å². The summed E-state index contributed by atoms with van der Waals surface area (Å²) in [6.07, 6.45) is 5.05. The molecule has 1 atom stereocenters. The van der Waals surface area contributed by atoms with Crippen molar-refractivity contribution in [2.45, 2.75) is 38.6 Å². The van der Waals surface area contributed by atoms with Gasteiger partial charge in [0.25, 0.3) is 0 Å². The average molecular weight is 194 g/mol. The Morgan fingerprint density at radius 3 is 2.56 bits per heavy atom. The molecule has 0 aromatic carbocycles. The maximum atomic E-state index is 5.67. The summed E-state index contributed by atoms with van der Waals surface area (Å²) in [4.78, 5) is 0. The van der Waals surface area contributed by atoms with Gasteiger partial charge in [-0.3, -0.25) is 0 Å².